The third-order valence-corrected chi connectivity index (χ3v) is 4.49. The second kappa shape index (κ2) is 7.03. The molecule has 1 aliphatic rings. The van der Waals surface area contributed by atoms with E-state index < -0.39 is 12.0 Å². The van der Waals surface area contributed by atoms with E-state index in [0.717, 1.165) is 5.56 Å². The molecule has 124 valence electrons. The number of amides is 1. The fourth-order valence-corrected chi connectivity index (χ4v) is 3.00. The van der Waals surface area contributed by atoms with E-state index in [-0.39, 0.29) is 17.9 Å². The summed E-state index contributed by atoms with van der Waals surface area (Å²) in [5.74, 6) is -0.983. The highest BCUT2D eigenvalue weighted by atomic mass is 35.5. The first-order valence-corrected chi connectivity index (χ1v) is 8.02. The molecule has 0 bridgehead atoms. The summed E-state index contributed by atoms with van der Waals surface area (Å²) in [6.45, 7) is 1.78. The molecule has 0 spiro atoms. The zero-order valence-corrected chi connectivity index (χ0v) is 13.8. The highest BCUT2D eigenvalue weighted by Gasteiger charge is 2.41. The van der Waals surface area contributed by atoms with E-state index in [1.165, 1.54) is 0 Å². The molecule has 2 N–H and O–H groups in total. The Morgan fingerprint density at radius 1 is 1.12 bits per heavy atom. The van der Waals surface area contributed by atoms with Crippen molar-refractivity contribution in [2.45, 2.75) is 19.0 Å². The van der Waals surface area contributed by atoms with Crippen LogP contribution >= 0.6 is 11.6 Å². The lowest BCUT2D eigenvalue weighted by Gasteiger charge is -2.22. The van der Waals surface area contributed by atoms with E-state index in [9.17, 15) is 9.59 Å². The Morgan fingerprint density at radius 3 is 2.50 bits per heavy atom. The average molecular weight is 345 g/mol. The molecule has 2 aromatic rings. The molecule has 6 heteroatoms. The van der Waals surface area contributed by atoms with Crippen LogP contribution in [0.1, 0.15) is 28.9 Å². The van der Waals surface area contributed by atoms with Gasteiger partial charge in [0.25, 0.3) is 0 Å². The SMILES string of the molecule is C[C@@H]1C(=O)N[C@H](c2ccccc2Cl)C1NOC(=O)c1ccccc1. The largest absolute Gasteiger partial charge is 0.366 e. The van der Waals surface area contributed by atoms with Gasteiger partial charge in [-0.1, -0.05) is 54.9 Å². The van der Waals surface area contributed by atoms with Crippen LogP contribution in [-0.4, -0.2) is 17.9 Å². The van der Waals surface area contributed by atoms with Crippen molar-refractivity contribution in [2.75, 3.05) is 0 Å². The monoisotopic (exact) mass is 344 g/mol. The van der Waals surface area contributed by atoms with Crippen LogP contribution in [0.3, 0.4) is 0 Å². The van der Waals surface area contributed by atoms with Gasteiger partial charge in [-0.15, -0.1) is 5.48 Å². The average Bonchev–Trinajstić information content (AvgIpc) is 2.88. The molecule has 0 aromatic heterocycles. The van der Waals surface area contributed by atoms with Gasteiger partial charge in [0.2, 0.25) is 5.91 Å². The van der Waals surface area contributed by atoms with Crippen molar-refractivity contribution >= 4 is 23.5 Å². The number of hydrogen-bond acceptors (Lipinski definition) is 4. The van der Waals surface area contributed by atoms with Gasteiger partial charge in [0.15, 0.2) is 0 Å². The molecule has 1 heterocycles. The predicted molar refractivity (Wildman–Crippen MR) is 90.3 cm³/mol. The Morgan fingerprint density at radius 2 is 1.79 bits per heavy atom. The molecule has 5 nitrogen and oxygen atoms in total. The molecule has 1 unspecified atom stereocenters. The summed E-state index contributed by atoms with van der Waals surface area (Å²) in [5, 5.41) is 3.45. The molecule has 1 aliphatic heterocycles. The van der Waals surface area contributed by atoms with Crippen molar-refractivity contribution in [2.24, 2.45) is 5.92 Å². The maximum absolute atomic E-state index is 12.1. The van der Waals surface area contributed by atoms with Gasteiger partial charge in [0, 0.05) is 5.02 Å². The quantitative estimate of drug-likeness (QED) is 0.837. The van der Waals surface area contributed by atoms with Gasteiger partial charge in [-0.2, -0.15) is 0 Å². The zero-order chi connectivity index (χ0) is 17.1. The minimum atomic E-state index is -0.500. The first kappa shape index (κ1) is 16.5. The fraction of sp³-hybridized carbons (Fsp3) is 0.222. The Bertz CT molecular complexity index is 751. The van der Waals surface area contributed by atoms with Crippen LogP contribution in [0, 0.1) is 5.92 Å². The van der Waals surface area contributed by atoms with Crippen molar-refractivity contribution < 1.29 is 14.4 Å². The maximum atomic E-state index is 12.1. The van der Waals surface area contributed by atoms with E-state index >= 15 is 0 Å². The van der Waals surface area contributed by atoms with Crippen LogP contribution in [0.15, 0.2) is 54.6 Å². The standard InChI is InChI=1S/C18H17ClN2O3/c1-11-15(21-24-18(23)12-7-3-2-4-8-12)16(20-17(11)22)13-9-5-6-10-14(13)19/h2-11,15-16,21H,1H3,(H,20,22)/t11-,15?,16+/m0/s1. The topological polar surface area (TPSA) is 67.4 Å². The lowest BCUT2D eigenvalue weighted by atomic mass is 9.95. The number of carbonyl (C=O) groups is 2. The molecule has 1 fully saturated rings. The number of hydrogen-bond donors (Lipinski definition) is 2. The van der Waals surface area contributed by atoms with Crippen LogP contribution in [0.4, 0.5) is 0 Å². The first-order valence-electron chi connectivity index (χ1n) is 7.64. The summed E-state index contributed by atoms with van der Waals surface area (Å²) < 4.78 is 0. The third kappa shape index (κ3) is 3.27. The molecule has 3 atom stereocenters. The lowest BCUT2D eigenvalue weighted by molar-refractivity contribution is -0.122. The summed E-state index contributed by atoms with van der Waals surface area (Å²) >= 11 is 6.24. The molecule has 1 amide bonds. The molecule has 3 rings (SSSR count). The normalized spacial score (nSPS) is 22.9. The van der Waals surface area contributed by atoms with Crippen molar-refractivity contribution in [1.82, 2.24) is 10.8 Å². The molecular formula is C18H17ClN2O3. The van der Waals surface area contributed by atoms with Gasteiger partial charge in [0.1, 0.15) is 0 Å². The van der Waals surface area contributed by atoms with Crippen LogP contribution in [0.25, 0.3) is 0 Å². The predicted octanol–water partition coefficient (Wildman–Crippen LogP) is 2.88. The molecule has 0 radical (unpaired) electrons. The summed E-state index contributed by atoms with van der Waals surface area (Å²) in [6.07, 6.45) is 0. The summed E-state index contributed by atoms with van der Waals surface area (Å²) in [6, 6.07) is 15.2. The van der Waals surface area contributed by atoms with Gasteiger partial charge in [-0.3, -0.25) is 4.79 Å². The Labute approximate surface area is 144 Å². The van der Waals surface area contributed by atoms with Crippen molar-refractivity contribution in [3.8, 4) is 0 Å². The summed E-state index contributed by atoms with van der Waals surface area (Å²) in [5.41, 5.74) is 3.96. The fourth-order valence-electron chi connectivity index (χ4n) is 2.75. The second-order valence-electron chi connectivity index (χ2n) is 5.70. The van der Waals surface area contributed by atoms with Gasteiger partial charge in [0.05, 0.1) is 23.6 Å². The molecular weight excluding hydrogens is 328 g/mol. The van der Waals surface area contributed by atoms with E-state index in [2.05, 4.69) is 10.8 Å². The number of halogens is 1. The third-order valence-electron chi connectivity index (χ3n) is 4.15. The van der Waals surface area contributed by atoms with E-state index in [1.54, 1.807) is 37.3 Å². The highest BCUT2D eigenvalue weighted by Crippen LogP contribution is 2.32. The van der Waals surface area contributed by atoms with Crippen molar-refractivity contribution in [3.63, 3.8) is 0 Å². The van der Waals surface area contributed by atoms with E-state index in [0.29, 0.717) is 10.6 Å². The van der Waals surface area contributed by atoms with E-state index in [4.69, 9.17) is 16.4 Å². The smallest absolute Gasteiger partial charge is 0.356 e. The maximum Gasteiger partial charge on any atom is 0.356 e. The number of benzene rings is 2. The Kier molecular flexibility index (Phi) is 4.83. The number of hydroxylamine groups is 1. The first-order chi connectivity index (χ1) is 11.6. The number of nitrogens with one attached hydrogen (secondary N) is 2. The van der Waals surface area contributed by atoms with Crippen molar-refractivity contribution in [1.29, 1.82) is 0 Å². The van der Waals surface area contributed by atoms with Gasteiger partial charge < -0.3 is 10.2 Å². The number of carbonyl (C=O) groups excluding carboxylic acids is 2. The lowest BCUT2D eigenvalue weighted by Crippen LogP contribution is -2.39. The summed E-state index contributed by atoms with van der Waals surface area (Å²) in [7, 11) is 0. The van der Waals surface area contributed by atoms with Crippen LogP contribution < -0.4 is 10.8 Å². The molecule has 24 heavy (non-hydrogen) atoms. The van der Waals surface area contributed by atoms with Crippen molar-refractivity contribution in [3.05, 3.63) is 70.7 Å². The number of rotatable bonds is 4. The zero-order valence-electron chi connectivity index (χ0n) is 13.0. The highest BCUT2D eigenvalue weighted by molar-refractivity contribution is 6.31. The second-order valence-corrected chi connectivity index (χ2v) is 6.10. The Hall–Kier alpha value is -2.37. The molecule has 0 saturated carbocycles. The van der Waals surface area contributed by atoms with Crippen LogP contribution in [0.2, 0.25) is 5.02 Å². The molecule has 0 aliphatic carbocycles. The summed E-state index contributed by atoms with van der Waals surface area (Å²) in [4.78, 5) is 29.3. The van der Waals surface area contributed by atoms with Crippen LogP contribution in [-0.2, 0) is 9.63 Å². The van der Waals surface area contributed by atoms with Gasteiger partial charge in [-0.05, 0) is 23.8 Å². The van der Waals surface area contributed by atoms with Gasteiger partial charge >= 0.3 is 5.97 Å². The van der Waals surface area contributed by atoms with Gasteiger partial charge in [-0.25, -0.2) is 4.79 Å². The molecule has 1 saturated heterocycles. The minimum absolute atomic E-state index is 0.117. The Balaban J connectivity index is 1.76. The molecule has 2 aromatic carbocycles. The van der Waals surface area contributed by atoms with E-state index in [1.807, 2.05) is 24.3 Å². The minimum Gasteiger partial charge on any atom is -0.366 e. The van der Waals surface area contributed by atoms with Crippen LogP contribution in [0.5, 0.6) is 0 Å².